The molecule has 8 nitrogen and oxygen atoms in total. The fourth-order valence-corrected chi connectivity index (χ4v) is 3.47. The summed E-state index contributed by atoms with van der Waals surface area (Å²) in [6, 6.07) is 6.85. The van der Waals surface area contributed by atoms with Crippen LogP contribution in [0.4, 0.5) is 14.5 Å². The summed E-state index contributed by atoms with van der Waals surface area (Å²) < 4.78 is 54.3. The van der Waals surface area contributed by atoms with Gasteiger partial charge in [0.15, 0.2) is 5.96 Å². The van der Waals surface area contributed by atoms with Crippen molar-refractivity contribution in [3.63, 3.8) is 0 Å². The SMILES string of the molecule is CN=C(NCCCNS(C)(=O)=O)NC1CCN(c2ccccc2OC(F)F)C1.I. The van der Waals surface area contributed by atoms with Gasteiger partial charge in [0.2, 0.25) is 10.0 Å². The number of ether oxygens (including phenoxy) is 1. The van der Waals surface area contributed by atoms with Crippen LogP contribution in [0.25, 0.3) is 0 Å². The summed E-state index contributed by atoms with van der Waals surface area (Å²) in [6.45, 7) is -0.626. The Labute approximate surface area is 187 Å². The third-order valence-corrected chi connectivity index (χ3v) is 4.91. The Bertz CT molecular complexity index is 767. The van der Waals surface area contributed by atoms with Gasteiger partial charge in [-0.3, -0.25) is 4.99 Å². The minimum atomic E-state index is -3.18. The van der Waals surface area contributed by atoms with Crippen molar-refractivity contribution in [1.82, 2.24) is 15.4 Å². The van der Waals surface area contributed by atoms with Crippen LogP contribution < -0.4 is 25.0 Å². The second-order valence-electron chi connectivity index (χ2n) is 6.44. The molecule has 0 amide bonds. The Morgan fingerprint density at radius 1 is 1.34 bits per heavy atom. The number of anilines is 1. The van der Waals surface area contributed by atoms with Crippen molar-refractivity contribution in [2.45, 2.75) is 25.5 Å². The van der Waals surface area contributed by atoms with Gasteiger partial charge in [0, 0.05) is 39.3 Å². The number of rotatable bonds is 9. The van der Waals surface area contributed by atoms with Crippen LogP contribution in [-0.4, -0.2) is 66.5 Å². The van der Waals surface area contributed by atoms with Gasteiger partial charge in [-0.25, -0.2) is 13.1 Å². The van der Waals surface area contributed by atoms with E-state index in [1.807, 2.05) is 4.90 Å². The molecule has 1 aromatic rings. The minimum Gasteiger partial charge on any atom is -0.433 e. The van der Waals surface area contributed by atoms with Gasteiger partial charge in [0.25, 0.3) is 0 Å². The van der Waals surface area contributed by atoms with Crippen LogP contribution >= 0.6 is 24.0 Å². The highest BCUT2D eigenvalue weighted by molar-refractivity contribution is 14.0. The molecule has 1 unspecified atom stereocenters. The summed E-state index contributed by atoms with van der Waals surface area (Å²) in [6.07, 6.45) is 2.56. The van der Waals surface area contributed by atoms with Gasteiger partial charge in [-0.1, -0.05) is 12.1 Å². The van der Waals surface area contributed by atoms with Crippen LogP contribution in [0.1, 0.15) is 12.8 Å². The van der Waals surface area contributed by atoms with E-state index in [2.05, 4.69) is 25.1 Å². The fraction of sp³-hybridized carbons (Fsp3) is 0.588. The number of hydrogen-bond donors (Lipinski definition) is 3. The fourth-order valence-electron chi connectivity index (χ4n) is 2.95. The molecular weight excluding hydrogens is 519 g/mol. The minimum absolute atomic E-state index is 0. The van der Waals surface area contributed by atoms with Crippen LogP contribution in [0.3, 0.4) is 0 Å². The first kappa shape index (κ1) is 25.6. The van der Waals surface area contributed by atoms with Gasteiger partial charge in [-0.05, 0) is 25.0 Å². The van der Waals surface area contributed by atoms with Gasteiger partial charge >= 0.3 is 6.61 Å². The van der Waals surface area contributed by atoms with E-state index in [0.29, 0.717) is 44.2 Å². The lowest BCUT2D eigenvalue weighted by Gasteiger charge is -2.22. The van der Waals surface area contributed by atoms with Gasteiger partial charge in [-0.2, -0.15) is 8.78 Å². The highest BCUT2D eigenvalue weighted by Gasteiger charge is 2.25. The van der Waals surface area contributed by atoms with Crippen LogP contribution in [0.5, 0.6) is 5.75 Å². The summed E-state index contributed by atoms with van der Waals surface area (Å²) in [5.41, 5.74) is 0.641. The number of hydrogen-bond acceptors (Lipinski definition) is 5. The maximum atomic E-state index is 12.6. The summed E-state index contributed by atoms with van der Waals surface area (Å²) in [4.78, 5) is 6.16. The van der Waals surface area contributed by atoms with Gasteiger partial charge < -0.3 is 20.3 Å². The van der Waals surface area contributed by atoms with Crippen LogP contribution in [0.2, 0.25) is 0 Å². The number of nitrogens with zero attached hydrogens (tertiary/aromatic N) is 2. The van der Waals surface area contributed by atoms with E-state index in [1.54, 1.807) is 25.2 Å². The van der Waals surface area contributed by atoms with Crippen LogP contribution in [-0.2, 0) is 10.0 Å². The predicted octanol–water partition coefficient (Wildman–Crippen LogP) is 1.59. The molecule has 1 aliphatic rings. The molecule has 1 heterocycles. The van der Waals surface area contributed by atoms with Crippen molar-refractivity contribution >= 4 is 45.6 Å². The first-order valence-corrected chi connectivity index (χ1v) is 10.9. The van der Waals surface area contributed by atoms with Crippen molar-refractivity contribution in [2.24, 2.45) is 4.99 Å². The molecule has 1 fully saturated rings. The zero-order valence-corrected chi connectivity index (χ0v) is 19.5. The topological polar surface area (TPSA) is 95.1 Å². The van der Waals surface area contributed by atoms with Gasteiger partial charge in [-0.15, -0.1) is 24.0 Å². The molecule has 0 bridgehead atoms. The molecule has 29 heavy (non-hydrogen) atoms. The van der Waals surface area contributed by atoms with Gasteiger partial charge in [0.05, 0.1) is 11.9 Å². The first-order valence-electron chi connectivity index (χ1n) is 8.99. The Hall–Kier alpha value is -1.41. The number of guanidine groups is 1. The Morgan fingerprint density at radius 3 is 2.72 bits per heavy atom. The molecule has 1 saturated heterocycles. The summed E-state index contributed by atoms with van der Waals surface area (Å²) in [5, 5.41) is 6.44. The second kappa shape index (κ2) is 12.3. The molecule has 1 aromatic carbocycles. The molecule has 3 N–H and O–H groups in total. The third-order valence-electron chi connectivity index (χ3n) is 4.18. The number of alkyl halides is 2. The Kier molecular flexibility index (Phi) is 10.9. The van der Waals surface area contributed by atoms with E-state index in [9.17, 15) is 17.2 Å². The van der Waals surface area contributed by atoms with E-state index < -0.39 is 16.6 Å². The molecule has 166 valence electrons. The number of para-hydroxylation sites is 2. The lowest BCUT2D eigenvalue weighted by molar-refractivity contribution is -0.0495. The molecular formula is C17H28F2IN5O3S. The van der Waals surface area contributed by atoms with Gasteiger partial charge in [0.1, 0.15) is 5.75 Å². The molecule has 0 aromatic heterocycles. The van der Waals surface area contributed by atoms with Crippen LogP contribution in [0.15, 0.2) is 29.3 Å². The molecule has 0 aliphatic carbocycles. The van der Waals surface area contributed by atoms with Crippen molar-refractivity contribution in [2.75, 3.05) is 44.4 Å². The number of aliphatic imine (C=N–C) groups is 1. The molecule has 12 heteroatoms. The number of benzene rings is 1. The van der Waals surface area contributed by atoms with E-state index in [-0.39, 0.29) is 35.8 Å². The number of sulfonamides is 1. The summed E-state index contributed by atoms with van der Waals surface area (Å²) in [5.74, 6) is 0.780. The molecule has 0 radical (unpaired) electrons. The van der Waals surface area contributed by atoms with E-state index in [1.165, 1.54) is 6.07 Å². The molecule has 0 spiro atoms. The summed E-state index contributed by atoms with van der Waals surface area (Å²) >= 11 is 0. The molecule has 1 aliphatic heterocycles. The third kappa shape index (κ3) is 9.30. The monoisotopic (exact) mass is 547 g/mol. The Morgan fingerprint density at radius 2 is 2.07 bits per heavy atom. The maximum Gasteiger partial charge on any atom is 0.387 e. The average molecular weight is 547 g/mol. The van der Waals surface area contributed by atoms with E-state index in [0.717, 1.165) is 12.7 Å². The standard InChI is InChI=1S/C17H27F2N5O3S.HI/c1-20-17(21-9-5-10-22-28(2,25)26)23-13-8-11-24(12-13)14-6-3-4-7-15(14)27-16(18)19;/h3-4,6-7,13,16,22H,5,8-12H2,1-2H3,(H2,20,21,23);1H. The van der Waals surface area contributed by atoms with Crippen molar-refractivity contribution in [3.05, 3.63) is 24.3 Å². The van der Waals surface area contributed by atoms with E-state index in [4.69, 9.17) is 0 Å². The Balaban J connectivity index is 0.00000420. The van der Waals surface area contributed by atoms with E-state index >= 15 is 0 Å². The smallest absolute Gasteiger partial charge is 0.387 e. The second-order valence-corrected chi connectivity index (χ2v) is 8.27. The summed E-state index contributed by atoms with van der Waals surface area (Å²) in [7, 11) is -1.52. The average Bonchev–Trinajstić information content (AvgIpc) is 3.07. The predicted molar refractivity (Wildman–Crippen MR) is 121 cm³/mol. The maximum absolute atomic E-state index is 12.6. The molecule has 1 atom stereocenters. The first-order chi connectivity index (χ1) is 13.3. The quantitative estimate of drug-likeness (QED) is 0.188. The molecule has 0 saturated carbocycles. The van der Waals surface area contributed by atoms with Crippen molar-refractivity contribution in [3.8, 4) is 5.75 Å². The zero-order chi connectivity index (χ0) is 20.6. The zero-order valence-electron chi connectivity index (χ0n) is 16.4. The highest BCUT2D eigenvalue weighted by atomic mass is 127. The number of halogens is 3. The van der Waals surface area contributed by atoms with Crippen molar-refractivity contribution < 1.29 is 21.9 Å². The lowest BCUT2D eigenvalue weighted by Crippen LogP contribution is -2.45. The van der Waals surface area contributed by atoms with Crippen LogP contribution in [0, 0.1) is 0 Å². The number of nitrogens with one attached hydrogen (secondary N) is 3. The normalized spacial score (nSPS) is 17.2. The lowest BCUT2D eigenvalue weighted by atomic mass is 10.2. The molecule has 2 rings (SSSR count). The highest BCUT2D eigenvalue weighted by Crippen LogP contribution is 2.31. The largest absolute Gasteiger partial charge is 0.433 e. The van der Waals surface area contributed by atoms with Crippen molar-refractivity contribution in [1.29, 1.82) is 0 Å².